The summed E-state index contributed by atoms with van der Waals surface area (Å²) in [5.41, 5.74) is 0.257. The molecule has 1 amide bonds. The van der Waals surface area contributed by atoms with Crippen molar-refractivity contribution >= 4 is 5.91 Å². The van der Waals surface area contributed by atoms with Gasteiger partial charge in [0.15, 0.2) is 5.75 Å². The van der Waals surface area contributed by atoms with E-state index in [0.717, 1.165) is 25.9 Å². The number of rotatable bonds is 5. The highest BCUT2D eigenvalue weighted by atomic mass is 16.5. The molecule has 1 atom stereocenters. The zero-order valence-electron chi connectivity index (χ0n) is 16.4. The average molecular weight is 364 g/mol. The van der Waals surface area contributed by atoms with Crippen molar-refractivity contribution in [1.82, 2.24) is 19.6 Å². The van der Waals surface area contributed by atoms with Crippen LogP contribution >= 0.6 is 0 Å². The van der Waals surface area contributed by atoms with Gasteiger partial charge in [-0.25, -0.2) is 0 Å². The first-order valence-electron chi connectivity index (χ1n) is 9.83. The second kappa shape index (κ2) is 7.56. The number of fused-ring (bicyclic) bond motifs is 1. The van der Waals surface area contributed by atoms with Crippen molar-refractivity contribution in [2.75, 3.05) is 32.7 Å². The molecule has 7 heteroatoms. The Bertz CT molecular complexity index is 631. The third kappa shape index (κ3) is 3.74. The van der Waals surface area contributed by atoms with Gasteiger partial charge >= 0.3 is 0 Å². The highest BCUT2D eigenvalue weighted by Gasteiger charge is 2.45. The van der Waals surface area contributed by atoms with E-state index >= 15 is 0 Å². The van der Waals surface area contributed by atoms with Crippen LogP contribution in [0.1, 0.15) is 64.8 Å². The predicted molar refractivity (Wildman–Crippen MR) is 99.1 cm³/mol. The number of hydrogen-bond acceptors (Lipinski definition) is 5. The van der Waals surface area contributed by atoms with Gasteiger partial charge in [-0.05, 0) is 26.9 Å². The summed E-state index contributed by atoms with van der Waals surface area (Å²) < 4.78 is 8.16. The second-order valence-corrected chi connectivity index (χ2v) is 7.80. The van der Waals surface area contributed by atoms with E-state index in [2.05, 4.69) is 37.7 Å². The maximum absolute atomic E-state index is 12.5. The Morgan fingerprint density at radius 2 is 2.04 bits per heavy atom. The van der Waals surface area contributed by atoms with Crippen LogP contribution in [0.5, 0.6) is 5.75 Å². The largest absolute Gasteiger partial charge is 0.483 e. The number of nitrogens with zero attached hydrogens (tertiary/aromatic N) is 4. The van der Waals surface area contributed by atoms with Crippen LogP contribution in [0.3, 0.4) is 0 Å². The third-order valence-electron chi connectivity index (χ3n) is 5.74. The molecule has 2 aliphatic rings. The minimum Gasteiger partial charge on any atom is -0.483 e. The van der Waals surface area contributed by atoms with Crippen LogP contribution in [0.4, 0.5) is 0 Å². The van der Waals surface area contributed by atoms with Gasteiger partial charge in [-0.2, -0.15) is 5.10 Å². The van der Waals surface area contributed by atoms with Crippen LogP contribution in [-0.4, -0.2) is 68.9 Å². The highest BCUT2D eigenvalue weighted by Crippen LogP contribution is 2.44. The lowest BCUT2D eigenvalue weighted by Gasteiger charge is -2.45. The molecule has 7 nitrogen and oxygen atoms in total. The number of hydrogen-bond donors (Lipinski definition) is 1. The maximum atomic E-state index is 12.5. The summed E-state index contributed by atoms with van der Waals surface area (Å²) >= 11 is 0. The van der Waals surface area contributed by atoms with E-state index in [1.165, 1.54) is 0 Å². The molecule has 2 aliphatic heterocycles. The van der Waals surface area contributed by atoms with Crippen LogP contribution in [0.2, 0.25) is 0 Å². The molecule has 3 rings (SSSR count). The molecule has 1 fully saturated rings. The fraction of sp³-hybridized carbons (Fsp3) is 0.789. The molecule has 1 saturated heterocycles. The second-order valence-electron chi connectivity index (χ2n) is 7.80. The molecule has 1 N–H and O–H groups in total. The number of likely N-dealkylation sites (tertiary alicyclic amines) is 1. The summed E-state index contributed by atoms with van der Waals surface area (Å²) in [7, 11) is 0. The van der Waals surface area contributed by atoms with E-state index in [-0.39, 0.29) is 17.6 Å². The van der Waals surface area contributed by atoms with E-state index in [9.17, 15) is 9.90 Å². The van der Waals surface area contributed by atoms with Gasteiger partial charge in [0.2, 0.25) is 5.91 Å². The van der Waals surface area contributed by atoms with Crippen LogP contribution in [-0.2, 0) is 4.79 Å². The van der Waals surface area contributed by atoms with E-state index in [1.807, 2.05) is 15.8 Å². The number of aliphatic hydroxyl groups excluding tert-OH is 1. The quantitative estimate of drug-likeness (QED) is 0.865. The van der Waals surface area contributed by atoms with Crippen LogP contribution < -0.4 is 4.74 Å². The summed E-state index contributed by atoms with van der Waals surface area (Å²) in [6.45, 7) is 11.9. The van der Waals surface area contributed by atoms with E-state index in [4.69, 9.17) is 4.74 Å². The van der Waals surface area contributed by atoms with Crippen LogP contribution in [0.15, 0.2) is 6.20 Å². The SMILES string of the molecule is CCN(CC)CC(=O)N1CCC2(CC1)CC(O)c1nn(C(C)C)cc1O2. The van der Waals surface area contributed by atoms with Gasteiger partial charge in [-0.1, -0.05) is 13.8 Å². The van der Waals surface area contributed by atoms with Crippen molar-refractivity contribution < 1.29 is 14.6 Å². The Morgan fingerprint density at radius 1 is 1.38 bits per heavy atom. The molecule has 146 valence electrons. The van der Waals surface area contributed by atoms with Crippen molar-refractivity contribution in [2.45, 2.75) is 64.7 Å². The Balaban J connectivity index is 1.64. The maximum Gasteiger partial charge on any atom is 0.236 e. The summed E-state index contributed by atoms with van der Waals surface area (Å²) in [6.07, 6.45) is 3.34. The highest BCUT2D eigenvalue weighted by molar-refractivity contribution is 5.78. The van der Waals surface area contributed by atoms with Gasteiger partial charge in [0.1, 0.15) is 17.4 Å². The smallest absolute Gasteiger partial charge is 0.236 e. The molecule has 0 radical (unpaired) electrons. The molecule has 1 spiro atoms. The standard InChI is InChI=1S/C19H32N4O3/c1-5-21(6-2)13-17(25)22-9-7-19(8-10-22)11-15(24)18-16(26-19)12-23(20-18)14(3)4/h12,14-15,24H,5-11,13H2,1-4H3. The molecule has 0 saturated carbocycles. The number of piperidine rings is 1. The van der Waals surface area contributed by atoms with Gasteiger partial charge in [-0.3, -0.25) is 14.4 Å². The lowest BCUT2D eigenvalue weighted by atomic mass is 9.83. The lowest BCUT2D eigenvalue weighted by molar-refractivity contribution is -0.137. The van der Waals surface area contributed by atoms with Crippen LogP contribution in [0, 0.1) is 0 Å². The molecular weight excluding hydrogens is 332 g/mol. The van der Waals surface area contributed by atoms with Crippen molar-refractivity contribution in [3.63, 3.8) is 0 Å². The first-order chi connectivity index (χ1) is 12.4. The van der Waals surface area contributed by atoms with Crippen molar-refractivity contribution in [1.29, 1.82) is 0 Å². The van der Waals surface area contributed by atoms with Gasteiger partial charge in [-0.15, -0.1) is 0 Å². The Labute approximate surface area is 155 Å². The topological polar surface area (TPSA) is 70.8 Å². The van der Waals surface area contributed by atoms with E-state index < -0.39 is 6.10 Å². The number of aliphatic hydroxyl groups is 1. The number of carbonyl (C=O) groups is 1. The molecule has 1 aromatic heterocycles. The minimum absolute atomic E-state index is 0.188. The lowest BCUT2D eigenvalue weighted by Crippen LogP contribution is -2.53. The van der Waals surface area contributed by atoms with Crippen molar-refractivity contribution in [3.05, 3.63) is 11.9 Å². The molecule has 3 heterocycles. The molecule has 1 aromatic rings. The van der Waals surface area contributed by atoms with E-state index in [0.29, 0.717) is 37.5 Å². The zero-order valence-corrected chi connectivity index (χ0v) is 16.4. The van der Waals surface area contributed by atoms with Gasteiger partial charge in [0.25, 0.3) is 0 Å². The fourth-order valence-electron chi connectivity index (χ4n) is 3.90. The molecule has 26 heavy (non-hydrogen) atoms. The first-order valence-corrected chi connectivity index (χ1v) is 9.83. The van der Waals surface area contributed by atoms with Gasteiger partial charge in [0, 0.05) is 38.4 Å². The summed E-state index contributed by atoms with van der Waals surface area (Å²) in [5.74, 6) is 0.883. The first kappa shape index (κ1) is 19.2. The summed E-state index contributed by atoms with van der Waals surface area (Å²) in [4.78, 5) is 16.6. The number of amides is 1. The Hall–Kier alpha value is -1.60. The molecule has 0 aliphatic carbocycles. The number of ether oxygens (including phenoxy) is 1. The van der Waals surface area contributed by atoms with Gasteiger partial charge in [0.05, 0.1) is 12.7 Å². The van der Waals surface area contributed by atoms with Crippen molar-refractivity contribution in [3.8, 4) is 5.75 Å². The molecular formula is C19H32N4O3. The number of carbonyl (C=O) groups excluding carboxylic acids is 1. The monoisotopic (exact) mass is 364 g/mol. The zero-order chi connectivity index (χ0) is 18.9. The number of aromatic nitrogens is 2. The van der Waals surface area contributed by atoms with Crippen LogP contribution in [0.25, 0.3) is 0 Å². The van der Waals surface area contributed by atoms with Gasteiger partial charge < -0.3 is 14.7 Å². The Kier molecular flexibility index (Phi) is 5.58. The van der Waals surface area contributed by atoms with E-state index in [1.54, 1.807) is 0 Å². The predicted octanol–water partition coefficient (Wildman–Crippen LogP) is 1.98. The minimum atomic E-state index is -0.600. The molecule has 0 bridgehead atoms. The molecule has 0 aromatic carbocycles. The third-order valence-corrected chi connectivity index (χ3v) is 5.74. The summed E-state index contributed by atoms with van der Waals surface area (Å²) in [5, 5.41) is 15.1. The van der Waals surface area contributed by atoms with Crippen molar-refractivity contribution in [2.24, 2.45) is 0 Å². The summed E-state index contributed by atoms with van der Waals surface area (Å²) in [6, 6.07) is 0.229. The normalized spacial score (nSPS) is 22.0. The Morgan fingerprint density at radius 3 is 2.62 bits per heavy atom. The fourth-order valence-corrected chi connectivity index (χ4v) is 3.90. The number of likely N-dealkylation sites (N-methyl/N-ethyl adjacent to an activating group) is 1. The molecule has 1 unspecified atom stereocenters. The average Bonchev–Trinajstić information content (AvgIpc) is 3.04.